The monoisotopic (exact) mass is 633 g/mol. The molecule has 47 heavy (non-hydrogen) atoms. The lowest BCUT2D eigenvalue weighted by Gasteiger charge is -2.27. The van der Waals surface area contributed by atoms with Gasteiger partial charge in [0.2, 0.25) is 0 Å². The number of hydrogen-bond donors (Lipinski definition) is 3. The van der Waals surface area contributed by atoms with Gasteiger partial charge in [0, 0.05) is 29.4 Å². The number of benzene rings is 2. The first-order valence-corrected chi connectivity index (χ1v) is 17.3. The molecule has 2 amide bonds. The van der Waals surface area contributed by atoms with Crippen molar-refractivity contribution in [3.8, 4) is 23.0 Å². The van der Waals surface area contributed by atoms with E-state index in [-0.39, 0.29) is 23.4 Å². The molecule has 7 nitrogen and oxygen atoms in total. The van der Waals surface area contributed by atoms with Crippen LogP contribution in [0.25, 0.3) is 22.2 Å². The second-order valence-corrected chi connectivity index (χ2v) is 12.8. The first-order valence-electron chi connectivity index (χ1n) is 17.3. The maximum atomic E-state index is 14.1. The molecule has 0 atom stereocenters. The van der Waals surface area contributed by atoms with Crippen molar-refractivity contribution in [3.05, 3.63) is 87.8 Å². The molecule has 0 bridgehead atoms. The number of urea groups is 1. The molecule has 0 fully saturated rings. The van der Waals surface area contributed by atoms with Crippen molar-refractivity contribution in [3.63, 3.8) is 0 Å². The summed E-state index contributed by atoms with van der Waals surface area (Å²) in [5.74, 6) is 6.89. The van der Waals surface area contributed by atoms with Gasteiger partial charge in [-0.3, -0.25) is 9.69 Å². The number of aromatic amines is 1. The minimum Gasteiger partial charge on any atom is -0.307 e. The summed E-state index contributed by atoms with van der Waals surface area (Å²) in [6.45, 7) is 15.0. The fourth-order valence-electron chi connectivity index (χ4n) is 5.71. The Morgan fingerprint density at radius 3 is 2.34 bits per heavy atom. The van der Waals surface area contributed by atoms with E-state index in [1.165, 1.54) is 25.7 Å². The van der Waals surface area contributed by atoms with Crippen molar-refractivity contribution in [2.45, 2.75) is 91.9 Å². The molecular weight excluding hydrogens is 582 g/mol. The van der Waals surface area contributed by atoms with Crippen molar-refractivity contribution in [1.29, 1.82) is 0 Å². The van der Waals surface area contributed by atoms with E-state index < -0.39 is 0 Å². The standard InChI is InChI=1S/C40H51N5O2/c1-7-9-11-12-20-41-21-14-17-30-16-13-18-31(24-30)33-25-34(28(3)4)37(35(26-33)29(5)6)43-40(47)45(23-10-8-2)36-27-32-19-15-22-42-38(32)44-39(36)46/h13,15-16,18-19,22,24-29,41H,7-12,20-21,23H2,1-6H3,(H,43,47)(H,42,44,46). The number of hydrogen-bond acceptors (Lipinski definition) is 4. The smallest absolute Gasteiger partial charge is 0.307 e. The second-order valence-electron chi connectivity index (χ2n) is 12.8. The highest BCUT2D eigenvalue weighted by Gasteiger charge is 2.24. The largest absolute Gasteiger partial charge is 0.326 e. The molecule has 3 N–H and O–H groups in total. The molecule has 4 aromatic rings. The number of nitrogens with one attached hydrogen (secondary N) is 3. The number of aromatic nitrogens is 2. The van der Waals surface area contributed by atoms with Crippen LogP contribution < -0.4 is 21.1 Å². The van der Waals surface area contributed by atoms with Crippen molar-refractivity contribution in [2.75, 3.05) is 29.9 Å². The number of carbonyl (C=O) groups is 1. The second kappa shape index (κ2) is 17.5. The average molecular weight is 634 g/mol. The van der Waals surface area contributed by atoms with Gasteiger partial charge < -0.3 is 15.6 Å². The normalized spacial score (nSPS) is 11.1. The molecular formula is C40H51N5O2. The lowest BCUT2D eigenvalue weighted by molar-refractivity contribution is 0.256. The molecule has 0 unspecified atom stereocenters. The quantitative estimate of drug-likeness (QED) is 0.0954. The van der Waals surface area contributed by atoms with Gasteiger partial charge in [0.05, 0.1) is 6.54 Å². The number of carbonyl (C=O) groups excluding carboxylic acids is 1. The summed E-state index contributed by atoms with van der Waals surface area (Å²) in [6, 6.07) is 17.9. The SMILES string of the molecule is CCCCCCNCC#Cc1cccc(-c2cc(C(C)C)c(NC(=O)N(CCCC)c3cc4cccnc4[nH]c3=O)c(C(C)C)c2)c1. The van der Waals surface area contributed by atoms with E-state index in [9.17, 15) is 9.59 Å². The Kier molecular flexibility index (Phi) is 13.2. The first-order chi connectivity index (χ1) is 22.7. The maximum absolute atomic E-state index is 14.1. The zero-order valence-electron chi connectivity index (χ0n) is 29.0. The third kappa shape index (κ3) is 9.56. The van der Waals surface area contributed by atoms with Crippen LogP contribution >= 0.6 is 0 Å². The fraction of sp³-hybridized carbons (Fsp3) is 0.425. The average Bonchev–Trinajstić information content (AvgIpc) is 3.06. The minimum absolute atomic E-state index is 0.147. The molecule has 0 spiro atoms. The van der Waals surface area contributed by atoms with E-state index in [4.69, 9.17) is 0 Å². The van der Waals surface area contributed by atoms with Crippen LogP contribution in [0.4, 0.5) is 16.2 Å². The minimum atomic E-state index is -0.336. The van der Waals surface area contributed by atoms with Gasteiger partial charge in [-0.1, -0.05) is 91.2 Å². The summed E-state index contributed by atoms with van der Waals surface area (Å²) >= 11 is 0. The molecule has 0 aliphatic rings. The Hall–Kier alpha value is -4.41. The molecule has 248 valence electrons. The van der Waals surface area contributed by atoms with Crippen molar-refractivity contribution >= 4 is 28.4 Å². The van der Waals surface area contributed by atoms with Gasteiger partial charge in [0.1, 0.15) is 11.3 Å². The van der Waals surface area contributed by atoms with Gasteiger partial charge in [0.15, 0.2) is 0 Å². The number of nitrogens with zero attached hydrogens (tertiary/aromatic N) is 2. The maximum Gasteiger partial charge on any atom is 0.326 e. The molecule has 0 saturated heterocycles. The van der Waals surface area contributed by atoms with E-state index in [0.29, 0.717) is 24.4 Å². The summed E-state index contributed by atoms with van der Waals surface area (Å²) in [4.78, 5) is 36.0. The molecule has 0 radical (unpaired) electrons. The molecule has 4 rings (SSSR count). The van der Waals surface area contributed by atoms with Gasteiger partial charge in [0.25, 0.3) is 5.56 Å². The number of fused-ring (bicyclic) bond motifs is 1. The Bertz CT molecular complexity index is 1730. The summed E-state index contributed by atoms with van der Waals surface area (Å²) in [5.41, 5.74) is 6.55. The number of amides is 2. The van der Waals surface area contributed by atoms with E-state index in [0.717, 1.165) is 58.3 Å². The van der Waals surface area contributed by atoms with E-state index >= 15 is 0 Å². The van der Waals surface area contributed by atoms with E-state index in [1.807, 2.05) is 12.1 Å². The first kappa shape index (κ1) is 35.4. The van der Waals surface area contributed by atoms with E-state index in [1.54, 1.807) is 17.2 Å². The summed E-state index contributed by atoms with van der Waals surface area (Å²) in [7, 11) is 0. The van der Waals surface area contributed by atoms with Crippen LogP contribution in [-0.4, -0.2) is 35.6 Å². The van der Waals surface area contributed by atoms with Gasteiger partial charge in [-0.2, -0.15) is 0 Å². The number of unbranched alkanes of at least 4 members (excludes halogenated alkanes) is 4. The predicted octanol–water partition coefficient (Wildman–Crippen LogP) is 9.20. The van der Waals surface area contributed by atoms with Crippen molar-refractivity contribution in [1.82, 2.24) is 15.3 Å². The summed E-state index contributed by atoms with van der Waals surface area (Å²) < 4.78 is 0. The third-order valence-corrected chi connectivity index (χ3v) is 8.39. The predicted molar refractivity (Wildman–Crippen MR) is 198 cm³/mol. The molecule has 7 heteroatoms. The molecule has 2 aromatic carbocycles. The van der Waals surface area contributed by atoms with Gasteiger partial charge in [-0.15, -0.1) is 0 Å². The van der Waals surface area contributed by atoms with Gasteiger partial charge in [-0.05, 0) is 95.9 Å². The highest BCUT2D eigenvalue weighted by atomic mass is 16.2. The zero-order valence-corrected chi connectivity index (χ0v) is 29.0. The zero-order chi connectivity index (χ0) is 33.8. The fourth-order valence-corrected chi connectivity index (χ4v) is 5.71. The Labute approximate surface area is 280 Å². The molecule has 0 aliphatic heterocycles. The van der Waals surface area contributed by atoms with Gasteiger partial charge in [-0.25, -0.2) is 9.78 Å². The number of H-pyrrole nitrogens is 1. The number of anilines is 2. The Morgan fingerprint density at radius 2 is 1.64 bits per heavy atom. The lowest BCUT2D eigenvalue weighted by atomic mass is 9.88. The highest BCUT2D eigenvalue weighted by molar-refractivity contribution is 6.03. The molecule has 2 heterocycles. The molecule has 0 saturated carbocycles. The van der Waals surface area contributed by atoms with Crippen molar-refractivity contribution in [2.24, 2.45) is 0 Å². The lowest BCUT2D eigenvalue weighted by Crippen LogP contribution is -2.39. The van der Waals surface area contributed by atoms with Crippen LogP contribution in [0.5, 0.6) is 0 Å². The topological polar surface area (TPSA) is 90.1 Å². The van der Waals surface area contributed by atoms with E-state index in [2.05, 4.69) is 110 Å². The van der Waals surface area contributed by atoms with Crippen LogP contribution in [0.3, 0.4) is 0 Å². The highest BCUT2D eigenvalue weighted by Crippen LogP contribution is 2.38. The van der Waals surface area contributed by atoms with Gasteiger partial charge >= 0.3 is 6.03 Å². The van der Waals surface area contributed by atoms with Crippen LogP contribution in [0.2, 0.25) is 0 Å². The number of pyridine rings is 2. The Balaban J connectivity index is 1.64. The number of rotatable bonds is 14. The van der Waals surface area contributed by atoms with Crippen LogP contribution in [0.15, 0.2) is 65.6 Å². The summed E-state index contributed by atoms with van der Waals surface area (Å²) in [6.07, 6.45) is 8.27. The van der Waals surface area contributed by atoms with Crippen LogP contribution in [-0.2, 0) is 0 Å². The third-order valence-electron chi connectivity index (χ3n) is 8.39. The molecule has 2 aromatic heterocycles. The Morgan fingerprint density at radius 1 is 0.894 bits per heavy atom. The van der Waals surface area contributed by atoms with Crippen molar-refractivity contribution < 1.29 is 4.79 Å². The van der Waals surface area contributed by atoms with Crippen LogP contribution in [0.1, 0.15) is 109 Å². The molecule has 0 aliphatic carbocycles. The summed E-state index contributed by atoms with van der Waals surface area (Å²) in [5, 5.41) is 7.46. The van der Waals surface area contributed by atoms with Crippen LogP contribution in [0, 0.1) is 11.8 Å².